The lowest BCUT2D eigenvalue weighted by molar-refractivity contribution is 0.0973. The van der Waals surface area contributed by atoms with Gasteiger partial charge in [-0.2, -0.15) is 0 Å². The Balaban J connectivity index is 1.47. The Morgan fingerprint density at radius 2 is 1.71 bits per heavy atom. The Labute approximate surface area is 172 Å². The molecular weight excluding hydrogens is 370 g/mol. The Hall–Kier alpha value is -2.60. The van der Waals surface area contributed by atoms with Crippen LogP contribution in [-0.4, -0.2) is 48.7 Å². The maximum Gasteiger partial charge on any atom is 0.257 e. The molecule has 6 heteroatoms. The average Bonchev–Trinajstić information content (AvgIpc) is 2.75. The van der Waals surface area contributed by atoms with E-state index in [9.17, 15) is 4.79 Å². The van der Waals surface area contributed by atoms with E-state index in [4.69, 9.17) is 17.0 Å². The Morgan fingerprint density at radius 3 is 2.36 bits per heavy atom. The van der Waals surface area contributed by atoms with Crippen LogP contribution in [0.5, 0.6) is 5.75 Å². The third-order valence-corrected chi connectivity index (χ3v) is 5.15. The van der Waals surface area contributed by atoms with Crippen LogP contribution in [0.4, 0.5) is 5.69 Å². The summed E-state index contributed by atoms with van der Waals surface area (Å²) < 4.78 is 5.63. The van der Waals surface area contributed by atoms with E-state index in [0.29, 0.717) is 17.3 Å². The van der Waals surface area contributed by atoms with Crippen molar-refractivity contribution in [1.29, 1.82) is 0 Å². The van der Waals surface area contributed by atoms with Crippen LogP contribution < -0.4 is 15.0 Å². The van der Waals surface area contributed by atoms with Gasteiger partial charge in [-0.15, -0.1) is 0 Å². The van der Waals surface area contributed by atoms with Gasteiger partial charge < -0.3 is 14.5 Å². The molecule has 0 aliphatic carbocycles. The van der Waals surface area contributed by atoms with E-state index in [0.717, 1.165) is 44.8 Å². The molecule has 0 unspecified atom stereocenters. The predicted molar refractivity (Wildman–Crippen MR) is 117 cm³/mol. The lowest BCUT2D eigenvalue weighted by atomic mass is 10.2. The van der Waals surface area contributed by atoms with E-state index in [2.05, 4.69) is 34.2 Å². The third-order valence-electron chi connectivity index (χ3n) is 4.79. The highest BCUT2D eigenvalue weighted by Gasteiger charge is 2.20. The van der Waals surface area contributed by atoms with Gasteiger partial charge in [0.15, 0.2) is 5.11 Å². The predicted octanol–water partition coefficient (Wildman–Crippen LogP) is 3.70. The van der Waals surface area contributed by atoms with Crippen molar-refractivity contribution in [3.05, 3.63) is 60.2 Å². The number of nitrogens with one attached hydrogen (secondary N) is 1. The Kier molecular flexibility index (Phi) is 7.25. The van der Waals surface area contributed by atoms with Gasteiger partial charge in [0.1, 0.15) is 5.75 Å². The van der Waals surface area contributed by atoms with Crippen LogP contribution in [0.1, 0.15) is 30.1 Å². The zero-order chi connectivity index (χ0) is 19.8. The lowest BCUT2D eigenvalue weighted by Crippen LogP contribution is -2.52. The van der Waals surface area contributed by atoms with Crippen molar-refractivity contribution >= 4 is 28.9 Å². The summed E-state index contributed by atoms with van der Waals surface area (Å²) in [6.45, 7) is 6.16. The highest BCUT2D eigenvalue weighted by molar-refractivity contribution is 7.80. The maximum absolute atomic E-state index is 12.5. The molecule has 0 radical (unpaired) electrons. The molecule has 0 spiro atoms. The molecule has 1 heterocycles. The van der Waals surface area contributed by atoms with Crippen LogP contribution in [0, 0.1) is 0 Å². The number of nitrogens with zero attached hydrogens (tertiary/aromatic N) is 2. The van der Waals surface area contributed by atoms with Gasteiger partial charge in [0.05, 0.1) is 6.61 Å². The smallest absolute Gasteiger partial charge is 0.257 e. The number of hydrogen-bond acceptors (Lipinski definition) is 4. The fraction of sp³-hybridized carbons (Fsp3) is 0.364. The second kappa shape index (κ2) is 10.1. The minimum Gasteiger partial charge on any atom is -0.494 e. The summed E-state index contributed by atoms with van der Waals surface area (Å²) in [5, 5.41) is 3.34. The first-order valence-corrected chi connectivity index (χ1v) is 10.2. The first-order valence-electron chi connectivity index (χ1n) is 9.80. The molecule has 1 aliphatic rings. The van der Waals surface area contributed by atoms with Crippen molar-refractivity contribution in [2.45, 2.75) is 19.8 Å². The lowest BCUT2D eigenvalue weighted by Gasteiger charge is -2.37. The van der Waals surface area contributed by atoms with Gasteiger partial charge in [-0.05, 0) is 55.0 Å². The number of rotatable bonds is 6. The van der Waals surface area contributed by atoms with E-state index < -0.39 is 0 Å². The van der Waals surface area contributed by atoms with Crippen molar-refractivity contribution in [3.63, 3.8) is 0 Å². The number of amides is 1. The summed E-state index contributed by atoms with van der Waals surface area (Å²) in [6, 6.07) is 17.5. The van der Waals surface area contributed by atoms with Gasteiger partial charge >= 0.3 is 0 Å². The fourth-order valence-electron chi connectivity index (χ4n) is 3.09. The van der Waals surface area contributed by atoms with Crippen molar-refractivity contribution in [3.8, 4) is 5.75 Å². The zero-order valence-electron chi connectivity index (χ0n) is 16.3. The molecule has 1 saturated heterocycles. The van der Waals surface area contributed by atoms with Crippen molar-refractivity contribution in [2.75, 3.05) is 37.7 Å². The van der Waals surface area contributed by atoms with Gasteiger partial charge in [-0.1, -0.05) is 31.5 Å². The number of thiocarbonyl (C=S) groups is 1. The number of piperazine rings is 1. The van der Waals surface area contributed by atoms with Crippen LogP contribution >= 0.6 is 12.2 Å². The minimum absolute atomic E-state index is 0.185. The molecule has 0 atom stereocenters. The highest BCUT2D eigenvalue weighted by atomic mass is 32.1. The number of unbranched alkanes of at least 4 members (excludes halogenated alkanes) is 1. The average molecular weight is 398 g/mol. The van der Waals surface area contributed by atoms with E-state index >= 15 is 0 Å². The topological polar surface area (TPSA) is 44.8 Å². The summed E-state index contributed by atoms with van der Waals surface area (Å²) in [6.07, 6.45) is 2.12. The number of benzene rings is 2. The van der Waals surface area contributed by atoms with E-state index in [-0.39, 0.29) is 5.91 Å². The first kappa shape index (κ1) is 20.1. The van der Waals surface area contributed by atoms with E-state index in [1.54, 1.807) is 12.1 Å². The molecule has 2 aromatic rings. The summed E-state index contributed by atoms with van der Waals surface area (Å²) in [4.78, 5) is 16.9. The molecule has 0 saturated carbocycles. The standard InChI is InChI=1S/C22H27N3O2S/c1-2-3-17-27-20-11-9-18(10-12-20)21(26)23-22(28)25-15-13-24(14-16-25)19-7-5-4-6-8-19/h4-12H,2-3,13-17H2,1H3,(H,23,26,28). The highest BCUT2D eigenvalue weighted by Crippen LogP contribution is 2.16. The molecule has 3 rings (SSSR count). The summed E-state index contributed by atoms with van der Waals surface area (Å²) in [7, 11) is 0. The van der Waals surface area contributed by atoms with Gasteiger partial charge in [-0.3, -0.25) is 10.1 Å². The van der Waals surface area contributed by atoms with Gasteiger partial charge in [0.2, 0.25) is 0 Å². The minimum atomic E-state index is -0.185. The second-order valence-corrected chi connectivity index (χ2v) is 7.18. The summed E-state index contributed by atoms with van der Waals surface area (Å²) >= 11 is 5.45. The van der Waals surface area contributed by atoms with Crippen LogP contribution in [0.2, 0.25) is 0 Å². The number of hydrogen-bond donors (Lipinski definition) is 1. The first-order chi connectivity index (χ1) is 13.7. The Bertz CT molecular complexity index is 772. The van der Waals surface area contributed by atoms with Gasteiger partial charge in [0, 0.05) is 37.4 Å². The number of anilines is 1. The van der Waals surface area contributed by atoms with E-state index in [1.165, 1.54) is 5.69 Å². The van der Waals surface area contributed by atoms with Gasteiger partial charge in [-0.25, -0.2) is 0 Å². The summed E-state index contributed by atoms with van der Waals surface area (Å²) in [5.74, 6) is 0.597. The molecule has 28 heavy (non-hydrogen) atoms. The van der Waals surface area contributed by atoms with E-state index in [1.807, 2.05) is 30.3 Å². The number of carbonyl (C=O) groups excluding carboxylic acids is 1. The van der Waals surface area contributed by atoms with Crippen molar-refractivity contribution in [1.82, 2.24) is 10.2 Å². The van der Waals surface area contributed by atoms with Crippen LogP contribution in [0.25, 0.3) is 0 Å². The normalized spacial score (nSPS) is 13.9. The van der Waals surface area contributed by atoms with Crippen molar-refractivity contribution in [2.24, 2.45) is 0 Å². The molecule has 5 nitrogen and oxygen atoms in total. The zero-order valence-corrected chi connectivity index (χ0v) is 17.1. The Morgan fingerprint density at radius 1 is 1.04 bits per heavy atom. The molecule has 148 valence electrons. The second-order valence-electron chi connectivity index (χ2n) is 6.80. The van der Waals surface area contributed by atoms with Crippen molar-refractivity contribution < 1.29 is 9.53 Å². The fourth-order valence-corrected chi connectivity index (χ4v) is 3.37. The molecule has 1 fully saturated rings. The van der Waals surface area contributed by atoms with Crippen LogP contribution in [0.3, 0.4) is 0 Å². The quantitative estimate of drug-likeness (QED) is 0.595. The summed E-state index contributed by atoms with van der Waals surface area (Å²) in [5.41, 5.74) is 1.80. The molecule has 0 bridgehead atoms. The molecule has 1 N–H and O–H groups in total. The third kappa shape index (κ3) is 5.45. The number of ether oxygens (including phenoxy) is 1. The van der Waals surface area contributed by atoms with Crippen LogP contribution in [-0.2, 0) is 0 Å². The molecule has 1 amide bonds. The number of para-hydroxylation sites is 1. The number of carbonyl (C=O) groups is 1. The SMILES string of the molecule is CCCCOc1ccc(C(=O)NC(=S)N2CCN(c3ccccc3)CC2)cc1. The molecular formula is C22H27N3O2S. The molecule has 2 aromatic carbocycles. The van der Waals surface area contributed by atoms with Crippen LogP contribution in [0.15, 0.2) is 54.6 Å². The van der Waals surface area contributed by atoms with Gasteiger partial charge in [0.25, 0.3) is 5.91 Å². The monoisotopic (exact) mass is 397 g/mol. The maximum atomic E-state index is 12.5. The molecule has 1 aliphatic heterocycles. The molecule has 0 aromatic heterocycles. The largest absolute Gasteiger partial charge is 0.494 e.